The Morgan fingerprint density at radius 1 is 1.20 bits per heavy atom. The van der Waals surface area contributed by atoms with Crippen LogP contribution in [0.3, 0.4) is 0 Å². The molecule has 0 aromatic rings. The molecule has 0 amide bonds. The number of β-amino-alcohol motifs (C(OH)–C–C–N with tert-alkyl or cyclic N) is 1. The molecule has 1 aliphatic rings. The number of thioether (sulfide) groups is 1. The molecule has 4 nitrogen and oxygen atoms in total. The van der Waals surface area contributed by atoms with Crippen LogP contribution < -0.4 is 0 Å². The Kier molecular flexibility index (Phi) is 12.6. The zero-order valence-corrected chi connectivity index (χ0v) is 17.4. The second-order valence-electron chi connectivity index (χ2n) is 7.42. The number of hydrogen-bond acceptors (Lipinski definition) is 5. The Bertz CT molecular complexity index is 354. The molecular formula is C20H39NO3S. The average Bonchev–Trinajstić information content (AvgIpc) is 2.56. The topological polar surface area (TPSA) is 49.8 Å². The van der Waals surface area contributed by atoms with Gasteiger partial charge < -0.3 is 9.84 Å². The van der Waals surface area contributed by atoms with Crippen molar-refractivity contribution in [2.45, 2.75) is 96.3 Å². The number of aliphatic hydroxyl groups excluding tert-OH is 1. The molecule has 1 rings (SSSR count). The van der Waals surface area contributed by atoms with Gasteiger partial charge in [0, 0.05) is 13.1 Å². The van der Waals surface area contributed by atoms with Crippen LogP contribution in [0.25, 0.3) is 0 Å². The molecule has 0 aliphatic carbocycles. The van der Waals surface area contributed by atoms with Gasteiger partial charge in [-0.2, -0.15) is 11.8 Å². The van der Waals surface area contributed by atoms with E-state index in [1.54, 1.807) is 11.8 Å². The first-order valence-electron chi connectivity index (χ1n) is 10.2. The zero-order valence-electron chi connectivity index (χ0n) is 16.5. The molecule has 1 heterocycles. The summed E-state index contributed by atoms with van der Waals surface area (Å²) in [4.78, 5) is 14.3. The van der Waals surface area contributed by atoms with Gasteiger partial charge >= 0.3 is 5.97 Å². The highest BCUT2D eigenvalue weighted by atomic mass is 32.2. The van der Waals surface area contributed by atoms with Crippen molar-refractivity contribution in [1.82, 2.24) is 4.90 Å². The molecule has 3 unspecified atom stereocenters. The van der Waals surface area contributed by atoms with Crippen molar-refractivity contribution in [1.29, 1.82) is 0 Å². The fourth-order valence-electron chi connectivity index (χ4n) is 3.53. The van der Waals surface area contributed by atoms with Gasteiger partial charge in [0.15, 0.2) is 0 Å². The Morgan fingerprint density at radius 2 is 1.84 bits per heavy atom. The van der Waals surface area contributed by atoms with Crippen molar-refractivity contribution >= 4 is 17.7 Å². The molecule has 3 atom stereocenters. The van der Waals surface area contributed by atoms with Crippen LogP contribution in [0.15, 0.2) is 0 Å². The summed E-state index contributed by atoms with van der Waals surface area (Å²) >= 11 is 1.75. The largest absolute Gasteiger partial charge is 0.460 e. The highest BCUT2D eigenvalue weighted by Crippen LogP contribution is 2.19. The predicted octanol–water partition coefficient (Wildman–Crippen LogP) is 4.25. The summed E-state index contributed by atoms with van der Waals surface area (Å²) < 4.78 is 5.39. The Balaban J connectivity index is 2.23. The third-order valence-corrected chi connectivity index (χ3v) is 5.60. The van der Waals surface area contributed by atoms with Crippen LogP contribution in [0.5, 0.6) is 0 Å². The normalized spacial score (nSPS) is 22.8. The summed E-state index contributed by atoms with van der Waals surface area (Å²) in [7, 11) is 0. The van der Waals surface area contributed by atoms with Gasteiger partial charge in [-0.15, -0.1) is 0 Å². The number of rotatable bonds is 14. The first-order chi connectivity index (χ1) is 12.1. The van der Waals surface area contributed by atoms with E-state index in [4.69, 9.17) is 4.74 Å². The Hall–Kier alpha value is -0.260. The second-order valence-corrected chi connectivity index (χ2v) is 8.40. The summed E-state index contributed by atoms with van der Waals surface area (Å²) in [6, 6.07) is -0.183. The monoisotopic (exact) mass is 373 g/mol. The van der Waals surface area contributed by atoms with Crippen molar-refractivity contribution in [3.05, 3.63) is 0 Å². The van der Waals surface area contributed by atoms with Crippen molar-refractivity contribution < 1.29 is 14.6 Å². The molecule has 0 bridgehead atoms. The minimum absolute atomic E-state index is 0.0756. The molecular weight excluding hydrogens is 334 g/mol. The van der Waals surface area contributed by atoms with E-state index in [1.165, 1.54) is 44.9 Å². The maximum atomic E-state index is 12.2. The molecule has 0 aromatic carbocycles. The fourth-order valence-corrected chi connectivity index (χ4v) is 3.99. The van der Waals surface area contributed by atoms with Crippen LogP contribution >= 0.6 is 11.8 Å². The minimum Gasteiger partial charge on any atom is -0.460 e. The lowest BCUT2D eigenvalue weighted by molar-refractivity contribution is -0.166. The number of morpholine rings is 1. The van der Waals surface area contributed by atoms with Crippen LogP contribution in [0, 0.1) is 0 Å². The number of aliphatic hydroxyl groups is 1. The molecule has 148 valence electrons. The van der Waals surface area contributed by atoms with Gasteiger partial charge in [0.05, 0.1) is 6.10 Å². The summed E-state index contributed by atoms with van der Waals surface area (Å²) in [6.07, 6.45) is 13.5. The van der Waals surface area contributed by atoms with E-state index in [2.05, 4.69) is 18.1 Å². The van der Waals surface area contributed by atoms with Crippen molar-refractivity contribution in [3.63, 3.8) is 0 Å². The van der Waals surface area contributed by atoms with Gasteiger partial charge in [-0.25, -0.2) is 0 Å². The summed E-state index contributed by atoms with van der Waals surface area (Å²) in [5.74, 6) is 0.825. The molecule has 0 saturated carbocycles. The van der Waals surface area contributed by atoms with Crippen molar-refractivity contribution in [3.8, 4) is 0 Å². The first-order valence-corrected chi connectivity index (χ1v) is 11.6. The standard InChI is InChI=1S/C20H39NO3S/c1-4-5-6-7-8-9-10-11-12-18(22)16-21-15-17(2)24-20(23)19(21)13-14-25-3/h17-19,22H,4-16H2,1-3H3. The third kappa shape index (κ3) is 9.86. The summed E-state index contributed by atoms with van der Waals surface area (Å²) in [6.45, 7) is 5.50. The lowest BCUT2D eigenvalue weighted by atomic mass is 10.0. The number of hydrogen-bond donors (Lipinski definition) is 1. The lowest BCUT2D eigenvalue weighted by Crippen LogP contribution is -2.54. The van der Waals surface area contributed by atoms with E-state index in [0.717, 1.165) is 31.6 Å². The zero-order chi connectivity index (χ0) is 18.5. The summed E-state index contributed by atoms with van der Waals surface area (Å²) in [5, 5.41) is 10.4. The molecule has 1 aliphatic heterocycles. The number of unbranched alkanes of at least 4 members (excludes halogenated alkanes) is 7. The van der Waals surface area contributed by atoms with Crippen LogP contribution in [0.2, 0.25) is 0 Å². The van der Waals surface area contributed by atoms with Crippen molar-refractivity contribution in [2.24, 2.45) is 0 Å². The molecule has 0 spiro atoms. The summed E-state index contributed by atoms with van der Waals surface area (Å²) in [5.41, 5.74) is 0. The number of cyclic esters (lactones) is 1. The van der Waals surface area contributed by atoms with Crippen LogP contribution in [-0.2, 0) is 9.53 Å². The van der Waals surface area contributed by atoms with E-state index < -0.39 is 0 Å². The Morgan fingerprint density at radius 3 is 2.48 bits per heavy atom. The third-order valence-electron chi connectivity index (χ3n) is 4.95. The van der Waals surface area contributed by atoms with E-state index in [-0.39, 0.29) is 24.2 Å². The molecule has 0 radical (unpaired) electrons. The number of carbonyl (C=O) groups excluding carboxylic acids is 1. The first kappa shape index (κ1) is 22.8. The molecule has 1 fully saturated rings. The molecule has 0 aromatic heterocycles. The lowest BCUT2D eigenvalue weighted by Gasteiger charge is -2.38. The minimum atomic E-state index is -0.338. The molecule has 25 heavy (non-hydrogen) atoms. The van der Waals surface area contributed by atoms with Gasteiger partial charge in [0.1, 0.15) is 12.1 Å². The van der Waals surface area contributed by atoms with E-state index in [9.17, 15) is 9.90 Å². The highest BCUT2D eigenvalue weighted by molar-refractivity contribution is 7.98. The van der Waals surface area contributed by atoms with Gasteiger partial charge in [-0.3, -0.25) is 9.69 Å². The van der Waals surface area contributed by atoms with Crippen molar-refractivity contribution in [2.75, 3.05) is 25.1 Å². The number of ether oxygens (including phenoxy) is 1. The van der Waals surface area contributed by atoms with Crippen LogP contribution in [-0.4, -0.2) is 59.3 Å². The van der Waals surface area contributed by atoms with E-state index in [0.29, 0.717) is 6.54 Å². The van der Waals surface area contributed by atoms with E-state index in [1.807, 2.05) is 6.92 Å². The molecule has 5 heteroatoms. The highest BCUT2D eigenvalue weighted by Gasteiger charge is 2.35. The second kappa shape index (κ2) is 13.9. The maximum absolute atomic E-state index is 12.2. The molecule has 1 N–H and O–H groups in total. The van der Waals surface area contributed by atoms with Gasteiger partial charge in [-0.05, 0) is 31.8 Å². The maximum Gasteiger partial charge on any atom is 0.323 e. The van der Waals surface area contributed by atoms with Gasteiger partial charge in [0.25, 0.3) is 0 Å². The number of nitrogens with zero attached hydrogens (tertiary/aromatic N) is 1. The number of esters is 1. The predicted molar refractivity (Wildman–Crippen MR) is 107 cm³/mol. The van der Waals surface area contributed by atoms with Crippen LogP contribution in [0.1, 0.15) is 78.1 Å². The molecule has 1 saturated heterocycles. The average molecular weight is 374 g/mol. The SMILES string of the molecule is CCCCCCCCCCC(O)CN1CC(C)OC(=O)C1CCSC. The Labute approximate surface area is 159 Å². The smallest absolute Gasteiger partial charge is 0.323 e. The van der Waals surface area contributed by atoms with E-state index >= 15 is 0 Å². The fraction of sp³-hybridized carbons (Fsp3) is 0.950. The van der Waals surface area contributed by atoms with Crippen LogP contribution in [0.4, 0.5) is 0 Å². The number of carbonyl (C=O) groups is 1. The quantitative estimate of drug-likeness (QED) is 0.364. The van der Waals surface area contributed by atoms with Gasteiger partial charge in [0.2, 0.25) is 0 Å². The van der Waals surface area contributed by atoms with Gasteiger partial charge in [-0.1, -0.05) is 58.3 Å².